The van der Waals surface area contributed by atoms with E-state index in [0.29, 0.717) is 29.4 Å². The zero-order chi connectivity index (χ0) is 22.2. The van der Waals surface area contributed by atoms with Crippen LogP contribution in [0, 0.1) is 23.7 Å². The van der Waals surface area contributed by atoms with Gasteiger partial charge in [0.1, 0.15) is 6.10 Å². The summed E-state index contributed by atoms with van der Waals surface area (Å²) in [5, 5.41) is 20.5. The fourth-order valence-electron chi connectivity index (χ4n) is 2.06. The first-order valence-corrected chi connectivity index (χ1v) is 10.2. The molecule has 160 valence electrons. The van der Waals surface area contributed by atoms with Crippen molar-refractivity contribution >= 4 is 29.2 Å². The van der Waals surface area contributed by atoms with E-state index >= 15 is 0 Å². The van der Waals surface area contributed by atoms with Gasteiger partial charge in [-0.25, -0.2) is 0 Å². The van der Waals surface area contributed by atoms with Gasteiger partial charge in [-0.3, -0.25) is 4.79 Å². The van der Waals surface area contributed by atoms with Crippen molar-refractivity contribution < 1.29 is 19.8 Å². The van der Waals surface area contributed by atoms with E-state index in [1.54, 1.807) is 42.5 Å². The van der Waals surface area contributed by atoms with Crippen LogP contribution in [0.3, 0.4) is 0 Å². The highest BCUT2D eigenvalue weighted by atomic mass is 35.5. The monoisotopic (exact) mass is 449 g/mol. The molecule has 0 fully saturated rings. The summed E-state index contributed by atoms with van der Waals surface area (Å²) in [6.45, 7) is 2.37. The van der Waals surface area contributed by atoms with Crippen molar-refractivity contribution in [3.8, 4) is 23.7 Å². The molecule has 0 saturated carbocycles. The Morgan fingerprint density at radius 1 is 1.27 bits per heavy atom. The van der Waals surface area contributed by atoms with Gasteiger partial charge >= 0.3 is 5.97 Å². The standard InChI is InChI=1S/C23H25Cl2NO4/c1-2-26-30-23(29)14-8-13-20(28)11-6-4-3-5-10-19(27)12-7-9-18-15-16-21(24)22(25)17-18/h3-5,10,15-17,19-20,26-28H,2,8,12-14H2,1H3/b4-3+,10-5+/t19-,20+/m0/s1. The molecule has 0 aliphatic carbocycles. The molecule has 2 atom stereocenters. The topological polar surface area (TPSA) is 78.8 Å². The molecule has 0 heterocycles. The Hall–Kier alpha value is -2.25. The highest BCUT2D eigenvalue weighted by molar-refractivity contribution is 6.42. The van der Waals surface area contributed by atoms with E-state index in [1.165, 1.54) is 0 Å². The van der Waals surface area contributed by atoms with Gasteiger partial charge < -0.3 is 15.1 Å². The van der Waals surface area contributed by atoms with Crippen LogP contribution in [0.4, 0.5) is 0 Å². The Balaban J connectivity index is 2.29. The van der Waals surface area contributed by atoms with Crippen molar-refractivity contribution in [2.24, 2.45) is 0 Å². The van der Waals surface area contributed by atoms with E-state index in [9.17, 15) is 15.0 Å². The van der Waals surface area contributed by atoms with Crippen molar-refractivity contribution in [2.45, 2.75) is 44.8 Å². The number of hydroxylamine groups is 1. The molecule has 1 aromatic rings. The first kappa shape index (κ1) is 25.8. The van der Waals surface area contributed by atoms with Gasteiger partial charge in [0, 0.05) is 24.9 Å². The lowest BCUT2D eigenvalue weighted by Gasteiger charge is -2.04. The molecule has 0 radical (unpaired) electrons. The highest BCUT2D eigenvalue weighted by Gasteiger charge is 2.05. The summed E-state index contributed by atoms with van der Waals surface area (Å²) in [6.07, 6.45) is 6.29. The summed E-state index contributed by atoms with van der Waals surface area (Å²) in [5.74, 6) is 10.8. The number of carbonyl (C=O) groups excluding carboxylic acids is 1. The summed E-state index contributed by atoms with van der Waals surface area (Å²) < 4.78 is 0. The number of allylic oxidation sites excluding steroid dienone is 3. The van der Waals surface area contributed by atoms with Gasteiger partial charge in [0.2, 0.25) is 0 Å². The minimum atomic E-state index is -0.812. The van der Waals surface area contributed by atoms with E-state index in [0.717, 1.165) is 5.56 Å². The first-order chi connectivity index (χ1) is 14.4. The Bertz CT molecular complexity index is 859. The van der Waals surface area contributed by atoms with Gasteiger partial charge in [0.05, 0.1) is 16.1 Å². The summed E-state index contributed by atoms with van der Waals surface area (Å²) >= 11 is 11.8. The second-order valence-corrected chi connectivity index (χ2v) is 6.93. The van der Waals surface area contributed by atoms with Crippen LogP contribution in [-0.2, 0) is 9.63 Å². The van der Waals surface area contributed by atoms with Crippen LogP contribution in [0.2, 0.25) is 10.0 Å². The van der Waals surface area contributed by atoms with E-state index in [2.05, 4.69) is 29.2 Å². The van der Waals surface area contributed by atoms with E-state index in [-0.39, 0.29) is 18.8 Å². The summed E-state index contributed by atoms with van der Waals surface area (Å²) in [6, 6.07) is 5.10. The summed E-state index contributed by atoms with van der Waals surface area (Å²) in [4.78, 5) is 16.0. The Kier molecular flexibility index (Phi) is 13.4. The number of hydrogen-bond donors (Lipinski definition) is 3. The predicted molar refractivity (Wildman–Crippen MR) is 120 cm³/mol. The molecular formula is C23H25Cl2NO4. The van der Waals surface area contributed by atoms with Crippen LogP contribution in [0.1, 0.15) is 38.2 Å². The van der Waals surface area contributed by atoms with Crippen molar-refractivity contribution in [1.29, 1.82) is 0 Å². The molecule has 0 amide bonds. The van der Waals surface area contributed by atoms with Crippen LogP contribution in [-0.4, -0.2) is 34.9 Å². The number of benzene rings is 1. The number of aliphatic hydroxyl groups is 2. The number of rotatable bonds is 9. The normalized spacial score (nSPS) is 12.7. The van der Waals surface area contributed by atoms with Crippen molar-refractivity contribution in [1.82, 2.24) is 5.48 Å². The molecule has 30 heavy (non-hydrogen) atoms. The average molecular weight is 450 g/mol. The third-order valence-electron chi connectivity index (χ3n) is 3.53. The van der Waals surface area contributed by atoms with Gasteiger partial charge in [0.25, 0.3) is 0 Å². The predicted octanol–water partition coefficient (Wildman–Crippen LogP) is 3.81. The minimum absolute atomic E-state index is 0.218. The Labute approximate surface area is 187 Å². The van der Waals surface area contributed by atoms with E-state index in [4.69, 9.17) is 28.0 Å². The highest BCUT2D eigenvalue weighted by Crippen LogP contribution is 2.22. The maximum Gasteiger partial charge on any atom is 0.324 e. The molecule has 0 aromatic heterocycles. The van der Waals surface area contributed by atoms with Crippen molar-refractivity contribution in [2.75, 3.05) is 6.54 Å². The van der Waals surface area contributed by atoms with Crippen LogP contribution >= 0.6 is 23.2 Å². The lowest BCUT2D eigenvalue weighted by Crippen LogP contribution is -2.19. The third kappa shape index (κ3) is 12.3. The van der Waals surface area contributed by atoms with Gasteiger partial charge in [-0.1, -0.05) is 65.1 Å². The maximum absolute atomic E-state index is 11.3. The Morgan fingerprint density at radius 3 is 2.80 bits per heavy atom. The molecule has 0 bridgehead atoms. The lowest BCUT2D eigenvalue weighted by molar-refractivity contribution is -0.151. The molecule has 1 aromatic carbocycles. The zero-order valence-electron chi connectivity index (χ0n) is 16.7. The van der Waals surface area contributed by atoms with Gasteiger partial charge in [-0.15, -0.1) is 0 Å². The molecule has 0 aliphatic rings. The summed E-state index contributed by atoms with van der Waals surface area (Å²) in [7, 11) is 0. The molecule has 1 rings (SSSR count). The van der Waals surface area contributed by atoms with Crippen molar-refractivity contribution in [3.63, 3.8) is 0 Å². The van der Waals surface area contributed by atoms with Crippen LogP contribution in [0.5, 0.6) is 0 Å². The summed E-state index contributed by atoms with van der Waals surface area (Å²) in [5.41, 5.74) is 3.21. The fourth-order valence-corrected chi connectivity index (χ4v) is 2.35. The molecule has 7 heteroatoms. The Morgan fingerprint density at radius 2 is 2.07 bits per heavy atom. The van der Waals surface area contributed by atoms with Crippen LogP contribution < -0.4 is 5.48 Å². The number of halogens is 2. The van der Waals surface area contributed by atoms with Crippen molar-refractivity contribution in [3.05, 3.63) is 58.1 Å². The first-order valence-electron chi connectivity index (χ1n) is 9.49. The van der Waals surface area contributed by atoms with Crippen LogP contribution in [0.15, 0.2) is 42.5 Å². The zero-order valence-corrected chi connectivity index (χ0v) is 18.2. The maximum atomic E-state index is 11.3. The molecule has 0 unspecified atom stereocenters. The molecular weight excluding hydrogens is 425 g/mol. The lowest BCUT2D eigenvalue weighted by atomic mass is 10.1. The molecule has 0 aliphatic heterocycles. The smallest absolute Gasteiger partial charge is 0.324 e. The van der Waals surface area contributed by atoms with E-state index < -0.39 is 12.2 Å². The minimum Gasteiger partial charge on any atom is -0.388 e. The molecule has 3 N–H and O–H groups in total. The fraction of sp³-hybridized carbons (Fsp3) is 0.348. The number of carbonyl (C=O) groups is 1. The second-order valence-electron chi connectivity index (χ2n) is 6.11. The van der Waals surface area contributed by atoms with Gasteiger partial charge in [-0.2, -0.15) is 5.48 Å². The van der Waals surface area contributed by atoms with Gasteiger partial charge in [-0.05, 0) is 44.0 Å². The SMILES string of the molecule is CCNOC(=O)CCC[C@H](O)C#C/C=C/C=C/[C@H](O)CC#Cc1ccc(Cl)c(Cl)c1. The average Bonchev–Trinajstić information content (AvgIpc) is 2.71. The van der Waals surface area contributed by atoms with E-state index in [1.807, 2.05) is 6.92 Å². The number of nitrogens with one attached hydrogen (secondary N) is 1. The quantitative estimate of drug-likeness (QED) is 0.303. The van der Waals surface area contributed by atoms with Gasteiger partial charge in [0.15, 0.2) is 0 Å². The second kappa shape index (κ2) is 15.6. The number of hydrogen-bond acceptors (Lipinski definition) is 5. The molecule has 5 nitrogen and oxygen atoms in total. The molecule has 0 saturated heterocycles. The largest absolute Gasteiger partial charge is 0.388 e. The third-order valence-corrected chi connectivity index (χ3v) is 4.27. The number of aliphatic hydroxyl groups excluding tert-OH is 2. The van der Waals surface area contributed by atoms with Crippen LogP contribution in [0.25, 0.3) is 0 Å². The molecule has 0 spiro atoms.